The smallest absolute Gasteiger partial charge is 0.416 e. The fraction of sp³-hybridized carbons (Fsp3) is 0.421. The molecule has 1 N–H and O–H groups in total. The van der Waals surface area contributed by atoms with Crippen LogP contribution in [0.1, 0.15) is 29.2 Å². The van der Waals surface area contributed by atoms with Crippen LogP contribution in [0.3, 0.4) is 0 Å². The summed E-state index contributed by atoms with van der Waals surface area (Å²) in [7, 11) is 1.72. The Morgan fingerprint density at radius 2 is 2.11 bits per heavy atom. The zero-order valence-electron chi connectivity index (χ0n) is 15.0. The third-order valence-corrected chi connectivity index (χ3v) is 4.62. The SMILES string of the molecule is CN=C(NCCc1ccco1)N1CCC(c2cccc(C(F)(F)F)c2)C1.I. The van der Waals surface area contributed by atoms with E-state index in [1.165, 1.54) is 12.1 Å². The maximum Gasteiger partial charge on any atom is 0.416 e. The van der Waals surface area contributed by atoms with Crippen molar-refractivity contribution in [2.24, 2.45) is 4.99 Å². The minimum Gasteiger partial charge on any atom is -0.469 e. The summed E-state index contributed by atoms with van der Waals surface area (Å²) in [6, 6.07) is 9.41. The molecule has 1 fully saturated rings. The molecule has 1 atom stereocenters. The van der Waals surface area contributed by atoms with E-state index in [0.29, 0.717) is 13.1 Å². The first-order chi connectivity index (χ1) is 12.5. The molecule has 0 saturated carbocycles. The molecule has 3 rings (SSSR count). The topological polar surface area (TPSA) is 40.8 Å². The molecule has 0 radical (unpaired) electrons. The first-order valence-electron chi connectivity index (χ1n) is 8.62. The lowest BCUT2D eigenvalue weighted by atomic mass is 9.96. The average Bonchev–Trinajstić information content (AvgIpc) is 3.30. The van der Waals surface area contributed by atoms with Gasteiger partial charge in [0.2, 0.25) is 0 Å². The average molecular weight is 493 g/mol. The highest BCUT2D eigenvalue weighted by Gasteiger charge is 2.32. The highest BCUT2D eigenvalue weighted by molar-refractivity contribution is 14.0. The summed E-state index contributed by atoms with van der Waals surface area (Å²) in [6.45, 7) is 2.11. The molecular weight excluding hydrogens is 470 g/mol. The van der Waals surface area contributed by atoms with Crippen LogP contribution in [0.2, 0.25) is 0 Å². The van der Waals surface area contributed by atoms with Gasteiger partial charge in [0.1, 0.15) is 5.76 Å². The number of aliphatic imine (C=N–C) groups is 1. The highest BCUT2D eigenvalue weighted by Crippen LogP contribution is 2.33. The Morgan fingerprint density at radius 1 is 1.30 bits per heavy atom. The summed E-state index contributed by atoms with van der Waals surface area (Å²) in [5.41, 5.74) is 0.141. The van der Waals surface area contributed by atoms with Crippen LogP contribution < -0.4 is 5.32 Å². The van der Waals surface area contributed by atoms with Gasteiger partial charge in [-0.05, 0) is 30.2 Å². The van der Waals surface area contributed by atoms with Gasteiger partial charge in [0.25, 0.3) is 0 Å². The molecule has 8 heteroatoms. The van der Waals surface area contributed by atoms with Crippen LogP contribution >= 0.6 is 24.0 Å². The van der Waals surface area contributed by atoms with E-state index in [-0.39, 0.29) is 29.9 Å². The van der Waals surface area contributed by atoms with Crippen molar-refractivity contribution in [3.05, 3.63) is 59.5 Å². The zero-order valence-corrected chi connectivity index (χ0v) is 17.3. The number of nitrogens with zero attached hydrogens (tertiary/aromatic N) is 2. The first-order valence-corrected chi connectivity index (χ1v) is 8.62. The van der Waals surface area contributed by atoms with E-state index >= 15 is 0 Å². The molecule has 27 heavy (non-hydrogen) atoms. The molecule has 0 spiro atoms. The molecule has 1 unspecified atom stereocenters. The number of nitrogens with one attached hydrogen (secondary N) is 1. The van der Waals surface area contributed by atoms with Gasteiger partial charge in [0.15, 0.2) is 5.96 Å². The second-order valence-corrected chi connectivity index (χ2v) is 6.36. The van der Waals surface area contributed by atoms with Crippen LogP contribution in [-0.4, -0.2) is 37.5 Å². The number of hydrogen-bond donors (Lipinski definition) is 1. The summed E-state index contributed by atoms with van der Waals surface area (Å²) in [5.74, 6) is 1.74. The molecule has 1 aromatic heterocycles. The molecule has 0 amide bonds. The maximum atomic E-state index is 12.9. The fourth-order valence-electron chi connectivity index (χ4n) is 3.28. The van der Waals surface area contributed by atoms with E-state index in [4.69, 9.17) is 4.42 Å². The number of furan rings is 1. The predicted molar refractivity (Wildman–Crippen MR) is 110 cm³/mol. The summed E-state index contributed by atoms with van der Waals surface area (Å²) in [4.78, 5) is 6.39. The molecule has 2 heterocycles. The molecule has 1 aliphatic heterocycles. The van der Waals surface area contributed by atoms with Crippen molar-refractivity contribution in [2.45, 2.75) is 24.9 Å². The molecule has 1 aliphatic rings. The normalized spacial score (nSPS) is 17.7. The molecule has 148 valence electrons. The van der Waals surface area contributed by atoms with Crippen molar-refractivity contribution >= 4 is 29.9 Å². The van der Waals surface area contributed by atoms with Gasteiger partial charge in [-0.25, -0.2) is 0 Å². The third kappa shape index (κ3) is 5.63. The highest BCUT2D eigenvalue weighted by atomic mass is 127. The van der Waals surface area contributed by atoms with Crippen LogP contribution in [0, 0.1) is 0 Å². The maximum absolute atomic E-state index is 12.9. The van der Waals surface area contributed by atoms with Crippen molar-refractivity contribution in [3.63, 3.8) is 0 Å². The Morgan fingerprint density at radius 3 is 2.78 bits per heavy atom. The monoisotopic (exact) mass is 493 g/mol. The van der Waals surface area contributed by atoms with Gasteiger partial charge in [0, 0.05) is 39.0 Å². The van der Waals surface area contributed by atoms with Crippen molar-refractivity contribution in [1.29, 1.82) is 0 Å². The minimum absolute atomic E-state index is 0. The summed E-state index contributed by atoms with van der Waals surface area (Å²) in [5, 5.41) is 3.29. The van der Waals surface area contributed by atoms with Gasteiger partial charge in [0.05, 0.1) is 11.8 Å². The number of alkyl halides is 3. The first kappa shape index (κ1) is 21.6. The Labute approximate surface area is 173 Å². The third-order valence-electron chi connectivity index (χ3n) is 4.62. The Kier molecular flexibility index (Phi) is 7.58. The van der Waals surface area contributed by atoms with Crippen molar-refractivity contribution in [1.82, 2.24) is 10.2 Å². The number of rotatable bonds is 4. The van der Waals surface area contributed by atoms with E-state index in [9.17, 15) is 13.2 Å². The summed E-state index contributed by atoms with van der Waals surface area (Å²) < 4.78 is 44.1. The zero-order chi connectivity index (χ0) is 18.6. The van der Waals surface area contributed by atoms with Gasteiger partial charge < -0.3 is 14.6 Å². The van der Waals surface area contributed by atoms with Crippen LogP contribution in [0.15, 0.2) is 52.1 Å². The molecule has 0 bridgehead atoms. The van der Waals surface area contributed by atoms with Crippen molar-refractivity contribution < 1.29 is 17.6 Å². The quantitative estimate of drug-likeness (QED) is 0.387. The number of guanidine groups is 1. The lowest BCUT2D eigenvalue weighted by molar-refractivity contribution is -0.137. The largest absolute Gasteiger partial charge is 0.469 e. The Balaban J connectivity index is 0.00000261. The van der Waals surface area contributed by atoms with Crippen LogP contribution in [0.5, 0.6) is 0 Å². The van der Waals surface area contributed by atoms with E-state index in [0.717, 1.165) is 42.7 Å². The molecule has 1 aromatic carbocycles. The minimum atomic E-state index is -4.31. The van der Waals surface area contributed by atoms with E-state index in [2.05, 4.69) is 15.2 Å². The summed E-state index contributed by atoms with van der Waals surface area (Å²) in [6.07, 6.45) is -1.11. The number of halogens is 4. The van der Waals surface area contributed by atoms with Crippen molar-refractivity contribution in [3.8, 4) is 0 Å². The number of benzene rings is 1. The standard InChI is InChI=1S/C19H22F3N3O.HI/c1-23-18(24-9-7-17-6-3-11-26-17)25-10-8-15(13-25)14-4-2-5-16(12-14)19(20,21)22;/h2-6,11-12,15H,7-10,13H2,1H3,(H,23,24);1H. The van der Waals surface area contributed by atoms with Gasteiger partial charge in [-0.15, -0.1) is 24.0 Å². The van der Waals surface area contributed by atoms with E-state index in [1.54, 1.807) is 19.4 Å². The van der Waals surface area contributed by atoms with Crippen LogP contribution in [0.4, 0.5) is 13.2 Å². The van der Waals surface area contributed by atoms with Gasteiger partial charge >= 0.3 is 6.18 Å². The lowest BCUT2D eigenvalue weighted by Gasteiger charge is -2.22. The lowest BCUT2D eigenvalue weighted by Crippen LogP contribution is -2.40. The van der Waals surface area contributed by atoms with Crippen molar-refractivity contribution in [2.75, 3.05) is 26.7 Å². The van der Waals surface area contributed by atoms with Gasteiger partial charge in [-0.3, -0.25) is 4.99 Å². The van der Waals surface area contributed by atoms with Crippen LogP contribution in [0.25, 0.3) is 0 Å². The van der Waals surface area contributed by atoms with Crippen LogP contribution in [-0.2, 0) is 12.6 Å². The van der Waals surface area contributed by atoms with Gasteiger partial charge in [-0.1, -0.05) is 18.2 Å². The van der Waals surface area contributed by atoms with E-state index in [1.807, 2.05) is 12.1 Å². The molecule has 0 aliphatic carbocycles. The molecule has 2 aromatic rings. The van der Waals surface area contributed by atoms with E-state index < -0.39 is 11.7 Å². The Bertz CT molecular complexity index is 747. The summed E-state index contributed by atoms with van der Waals surface area (Å²) >= 11 is 0. The van der Waals surface area contributed by atoms with Gasteiger partial charge in [-0.2, -0.15) is 13.2 Å². The molecule has 1 saturated heterocycles. The molecule has 4 nitrogen and oxygen atoms in total. The second kappa shape index (κ2) is 9.48. The Hall–Kier alpha value is -1.71. The predicted octanol–water partition coefficient (Wildman–Crippen LogP) is 4.52. The molecular formula is C19H23F3IN3O. The second-order valence-electron chi connectivity index (χ2n) is 6.36. The number of likely N-dealkylation sites (tertiary alicyclic amines) is 1. The fourth-order valence-corrected chi connectivity index (χ4v) is 3.28. The number of hydrogen-bond acceptors (Lipinski definition) is 2.